The van der Waals surface area contributed by atoms with Gasteiger partial charge in [0.15, 0.2) is 0 Å². The molecule has 1 rings (SSSR count). The van der Waals surface area contributed by atoms with Gasteiger partial charge in [-0.25, -0.2) is 9.18 Å². The van der Waals surface area contributed by atoms with E-state index in [1.54, 1.807) is 6.92 Å². The van der Waals surface area contributed by atoms with Gasteiger partial charge in [-0.2, -0.15) is 0 Å². The van der Waals surface area contributed by atoms with E-state index in [0.29, 0.717) is 11.1 Å². The first-order valence-corrected chi connectivity index (χ1v) is 4.67. The third kappa shape index (κ3) is 2.57. The maximum Gasteiger partial charge on any atom is 0.331 e. The topological polar surface area (TPSA) is 37.3 Å². The van der Waals surface area contributed by atoms with Gasteiger partial charge < -0.3 is 5.11 Å². The van der Waals surface area contributed by atoms with Crippen molar-refractivity contribution >= 4 is 23.1 Å². The molecule has 0 aliphatic carbocycles. The number of hydrogen-bond donors (Lipinski definition) is 1. The first-order valence-electron chi connectivity index (χ1n) is 4.29. The molecule has 0 saturated carbocycles. The number of rotatable bonds is 2. The molecule has 4 heteroatoms. The molecule has 1 N–H and O–H groups in total. The van der Waals surface area contributed by atoms with Crippen LogP contribution in [-0.4, -0.2) is 11.1 Å². The molecule has 1 aromatic carbocycles. The second-order valence-electron chi connectivity index (χ2n) is 3.18. The molecule has 0 aromatic heterocycles. The van der Waals surface area contributed by atoms with Gasteiger partial charge in [0.25, 0.3) is 0 Å². The van der Waals surface area contributed by atoms with Crippen LogP contribution in [0.5, 0.6) is 0 Å². The van der Waals surface area contributed by atoms with E-state index in [-0.39, 0.29) is 10.6 Å². The second kappa shape index (κ2) is 4.45. The van der Waals surface area contributed by atoms with E-state index in [0.717, 1.165) is 6.07 Å². The van der Waals surface area contributed by atoms with Gasteiger partial charge in [-0.15, -0.1) is 0 Å². The van der Waals surface area contributed by atoms with Gasteiger partial charge in [0.1, 0.15) is 5.82 Å². The molecule has 0 aliphatic rings. The maximum absolute atomic E-state index is 12.8. The number of hydrogen-bond acceptors (Lipinski definition) is 1. The predicted molar refractivity (Wildman–Crippen MR) is 57.3 cm³/mol. The van der Waals surface area contributed by atoms with Crippen molar-refractivity contribution in [3.8, 4) is 0 Å². The molecule has 0 radical (unpaired) electrons. The van der Waals surface area contributed by atoms with E-state index < -0.39 is 11.8 Å². The lowest BCUT2D eigenvalue weighted by molar-refractivity contribution is -0.132. The molecule has 80 valence electrons. The Morgan fingerprint density at radius 2 is 2.00 bits per heavy atom. The summed E-state index contributed by atoms with van der Waals surface area (Å²) in [7, 11) is 0. The molecule has 0 fully saturated rings. The molecular formula is C11H10ClFO2. The monoisotopic (exact) mass is 228 g/mol. The Kier molecular flexibility index (Phi) is 3.48. The fraction of sp³-hybridized carbons (Fsp3) is 0.182. The van der Waals surface area contributed by atoms with Crippen molar-refractivity contribution < 1.29 is 14.3 Å². The lowest BCUT2D eigenvalue weighted by atomic mass is 10.0. The molecule has 0 saturated heterocycles. The van der Waals surface area contributed by atoms with Gasteiger partial charge >= 0.3 is 5.97 Å². The van der Waals surface area contributed by atoms with Crippen molar-refractivity contribution in [1.82, 2.24) is 0 Å². The molecular weight excluding hydrogens is 219 g/mol. The maximum atomic E-state index is 12.8. The van der Waals surface area contributed by atoms with E-state index in [9.17, 15) is 9.18 Å². The quantitative estimate of drug-likeness (QED) is 0.789. The van der Waals surface area contributed by atoms with E-state index in [4.69, 9.17) is 16.7 Å². The molecule has 0 spiro atoms. The molecule has 0 atom stereocenters. The molecule has 2 nitrogen and oxygen atoms in total. The molecule has 0 aliphatic heterocycles. The number of carbonyl (C=O) groups is 1. The molecule has 15 heavy (non-hydrogen) atoms. The Balaban J connectivity index is 3.29. The first kappa shape index (κ1) is 11.7. The van der Waals surface area contributed by atoms with Crippen LogP contribution in [0.15, 0.2) is 23.8 Å². The number of carboxylic acid groups (broad SMARTS) is 1. The Bertz CT molecular complexity index is 438. The van der Waals surface area contributed by atoms with E-state index in [2.05, 4.69) is 0 Å². The van der Waals surface area contributed by atoms with Crippen molar-refractivity contribution in [2.75, 3.05) is 0 Å². The summed E-state index contributed by atoms with van der Waals surface area (Å²) in [6, 6.07) is 3.88. The van der Waals surface area contributed by atoms with Crippen LogP contribution >= 0.6 is 11.6 Å². The fourth-order valence-electron chi connectivity index (χ4n) is 1.16. The van der Waals surface area contributed by atoms with Crippen LogP contribution < -0.4 is 0 Å². The van der Waals surface area contributed by atoms with Gasteiger partial charge in [0, 0.05) is 5.57 Å². The molecule has 0 bridgehead atoms. The summed E-state index contributed by atoms with van der Waals surface area (Å²) in [5, 5.41) is 9.00. The SMILES string of the molecule is CC(C(=O)O)=C(C)c1ccc(F)cc1Cl. The largest absolute Gasteiger partial charge is 0.478 e. The minimum Gasteiger partial charge on any atom is -0.478 e. The summed E-state index contributed by atoms with van der Waals surface area (Å²) in [4.78, 5) is 10.7. The third-order valence-corrected chi connectivity index (χ3v) is 2.53. The van der Waals surface area contributed by atoms with Gasteiger partial charge in [0.2, 0.25) is 0 Å². The highest BCUT2D eigenvalue weighted by molar-refractivity contribution is 6.32. The van der Waals surface area contributed by atoms with Crippen LogP contribution in [0.25, 0.3) is 5.57 Å². The molecule has 0 heterocycles. The lowest BCUT2D eigenvalue weighted by Gasteiger charge is -2.06. The summed E-state index contributed by atoms with van der Waals surface area (Å²) in [5.74, 6) is -1.45. The molecule has 0 amide bonds. The van der Waals surface area contributed by atoms with Gasteiger partial charge in [-0.05, 0) is 37.1 Å². The van der Waals surface area contributed by atoms with Crippen LogP contribution in [0.1, 0.15) is 19.4 Å². The highest BCUT2D eigenvalue weighted by Crippen LogP contribution is 2.26. The Labute approximate surface area is 92.0 Å². The average molecular weight is 229 g/mol. The summed E-state index contributed by atoms with van der Waals surface area (Å²) in [5.41, 5.74) is 1.27. The van der Waals surface area contributed by atoms with Crippen molar-refractivity contribution in [2.45, 2.75) is 13.8 Å². The number of halogens is 2. The van der Waals surface area contributed by atoms with Crippen molar-refractivity contribution in [3.05, 3.63) is 40.2 Å². The lowest BCUT2D eigenvalue weighted by Crippen LogP contribution is -1.99. The Morgan fingerprint density at radius 3 is 2.47 bits per heavy atom. The van der Waals surface area contributed by atoms with Gasteiger partial charge in [-0.1, -0.05) is 17.7 Å². The van der Waals surface area contributed by atoms with Crippen LogP contribution in [0.3, 0.4) is 0 Å². The van der Waals surface area contributed by atoms with E-state index in [1.807, 2.05) is 0 Å². The number of benzene rings is 1. The van der Waals surface area contributed by atoms with Crippen molar-refractivity contribution in [3.63, 3.8) is 0 Å². The van der Waals surface area contributed by atoms with Crippen LogP contribution in [0, 0.1) is 5.82 Å². The molecule has 0 unspecified atom stereocenters. The summed E-state index contributed by atoms with van der Waals surface area (Å²) in [6.45, 7) is 3.12. The van der Waals surface area contributed by atoms with Crippen molar-refractivity contribution in [1.29, 1.82) is 0 Å². The minimum atomic E-state index is -1.01. The predicted octanol–water partition coefficient (Wildman–Crippen LogP) is 3.36. The van der Waals surface area contributed by atoms with Gasteiger partial charge in [0.05, 0.1) is 5.02 Å². The first-order chi connectivity index (χ1) is 6.93. The fourth-order valence-corrected chi connectivity index (χ4v) is 1.46. The van der Waals surface area contributed by atoms with E-state index >= 15 is 0 Å². The number of allylic oxidation sites excluding steroid dienone is 1. The Morgan fingerprint density at radius 1 is 1.40 bits per heavy atom. The Hall–Kier alpha value is -1.35. The van der Waals surface area contributed by atoms with E-state index in [1.165, 1.54) is 19.1 Å². The normalized spacial score (nSPS) is 12.3. The summed E-state index contributed by atoms with van der Waals surface area (Å²) in [6.07, 6.45) is 0. The average Bonchev–Trinajstić information content (AvgIpc) is 2.15. The minimum absolute atomic E-state index is 0.198. The highest BCUT2D eigenvalue weighted by Gasteiger charge is 2.10. The van der Waals surface area contributed by atoms with Crippen LogP contribution in [-0.2, 0) is 4.79 Å². The zero-order chi connectivity index (χ0) is 11.6. The number of carboxylic acids is 1. The summed E-state index contributed by atoms with van der Waals surface area (Å²) >= 11 is 5.81. The van der Waals surface area contributed by atoms with Gasteiger partial charge in [-0.3, -0.25) is 0 Å². The highest BCUT2D eigenvalue weighted by atomic mass is 35.5. The smallest absolute Gasteiger partial charge is 0.331 e. The zero-order valence-electron chi connectivity index (χ0n) is 8.34. The summed E-state index contributed by atoms with van der Waals surface area (Å²) < 4.78 is 12.8. The standard InChI is InChI=1S/C11H10ClFO2/c1-6(7(2)11(14)15)9-4-3-8(13)5-10(9)12/h3-5H,1-2H3,(H,14,15). The van der Waals surface area contributed by atoms with Crippen molar-refractivity contribution in [2.24, 2.45) is 0 Å². The zero-order valence-corrected chi connectivity index (χ0v) is 9.10. The third-order valence-electron chi connectivity index (χ3n) is 2.22. The molecule has 1 aromatic rings. The van der Waals surface area contributed by atoms with Crippen LogP contribution in [0.2, 0.25) is 5.02 Å². The van der Waals surface area contributed by atoms with Crippen LogP contribution in [0.4, 0.5) is 4.39 Å². The second-order valence-corrected chi connectivity index (χ2v) is 3.59. The number of aliphatic carboxylic acids is 1.